The minimum Gasteiger partial charge on any atom is -0.389 e. The molecule has 1 amide bonds. The number of aliphatic hydroxyl groups is 1. The van der Waals surface area contributed by atoms with Crippen LogP contribution in [0.15, 0.2) is 53.7 Å². The normalized spacial score (nSPS) is 16.9. The Kier molecular flexibility index (Phi) is 6.77. The van der Waals surface area contributed by atoms with E-state index in [9.17, 15) is 9.90 Å². The number of carbonyl (C=O) groups excluding carboxylic acids is 1. The van der Waals surface area contributed by atoms with Crippen LogP contribution in [0.5, 0.6) is 0 Å². The van der Waals surface area contributed by atoms with Gasteiger partial charge in [0.2, 0.25) is 0 Å². The fourth-order valence-electron chi connectivity index (χ4n) is 3.63. The van der Waals surface area contributed by atoms with E-state index in [2.05, 4.69) is 16.7 Å². The molecule has 1 aromatic heterocycles. The zero-order valence-corrected chi connectivity index (χ0v) is 17.8. The Morgan fingerprint density at radius 2 is 2.03 bits per heavy atom. The lowest BCUT2D eigenvalue weighted by atomic mass is 9.85. The molecule has 3 rings (SSSR count). The number of amides is 1. The maximum absolute atomic E-state index is 13.2. The highest BCUT2D eigenvalue weighted by Crippen LogP contribution is 2.31. The van der Waals surface area contributed by atoms with Crippen LogP contribution >= 0.6 is 11.3 Å². The molecule has 0 spiro atoms. The van der Waals surface area contributed by atoms with Crippen LogP contribution in [0.25, 0.3) is 5.57 Å². The molecule has 152 valence electrons. The van der Waals surface area contributed by atoms with Gasteiger partial charge in [0.1, 0.15) is 5.69 Å². The summed E-state index contributed by atoms with van der Waals surface area (Å²) in [6.07, 6.45) is 7.12. The molecule has 0 radical (unpaired) electrons. The van der Waals surface area contributed by atoms with E-state index in [1.54, 1.807) is 11.1 Å². The van der Waals surface area contributed by atoms with Crippen molar-refractivity contribution in [3.63, 3.8) is 0 Å². The Morgan fingerprint density at radius 1 is 1.34 bits per heavy atom. The second-order valence-corrected chi connectivity index (χ2v) is 8.54. The summed E-state index contributed by atoms with van der Waals surface area (Å²) in [6, 6.07) is 10.0. The van der Waals surface area contributed by atoms with Crippen LogP contribution in [0.2, 0.25) is 0 Å². The van der Waals surface area contributed by atoms with Gasteiger partial charge in [0, 0.05) is 25.7 Å². The number of aryl methyl sites for hydroxylation is 1. The number of benzene rings is 1. The van der Waals surface area contributed by atoms with E-state index in [1.165, 1.54) is 11.3 Å². The van der Waals surface area contributed by atoms with Gasteiger partial charge >= 0.3 is 0 Å². The van der Waals surface area contributed by atoms with Crippen LogP contribution in [-0.2, 0) is 6.42 Å². The standard InChI is InChI=1S/C23H27N3O2S/c1-4-19(10-13-24-3)21-20(25-17(2)29-21)22(27)26-14-11-23(28,12-15-26)16-18-8-6-5-7-9-18/h4-10,13,28H,3,11-12,14-16H2,1-2H3/b13-10-,19-4+. The minimum absolute atomic E-state index is 0.0783. The monoisotopic (exact) mass is 409 g/mol. The van der Waals surface area contributed by atoms with Crippen molar-refractivity contribution in [2.75, 3.05) is 13.1 Å². The van der Waals surface area contributed by atoms with Gasteiger partial charge in [-0.15, -0.1) is 11.3 Å². The molecule has 2 heterocycles. The van der Waals surface area contributed by atoms with Crippen molar-refractivity contribution in [3.8, 4) is 0 Å². The predicted octanol–water partition coefficient (Wildman–Crippen LogP) is 4.28. The van der Waals surface area contributed by atoms with Crippen LogP contribution < -0.4 is 0 Å². The molecule has 29 heavy (non-hydrogen) atoms. The maximum atomic E-state index is 13.2. The molecule has 0 saturated carbocycles. The maximum Gasteiger partial charge on any atom is 0.273 e. The van der Waals surface area contributed by atoms with Crippen LogP contribution in [0.4, 0.5) is 0 Å². The van der Waals surface area contributed by atoms with Gasteiger partial charge in [-0.1, -0.05) is 36.4 Å². The smallest absolute Gasteiger partial charge is 0.273 e. The summed E-state index contributed by atoms with van der Waals surface area (Å²) in [7, 11) is 0. The van der Waals surface area contributed by atoms with Crippen molar-refractivity contribution in [2.24, 2.45) is 4.99 Å². The molecule has 1 N–H and O–H groups in total. The fraction of sp³-hybridized carbons (Fsp3) is 0.348. The Balaban J connectivity index is 1.73. The van der Waals surface area contributed by atoms with E-state index in [0.29, 0.717) is 38.0 Å². The molecule has 0 unspecified atom stereocenters. The van der Waals surface area contributed by atoms with Crippen LogP contribution in [0, 0.1) is 6.92 Å². The Morgan fingerprint density at radius 3 is 2.66 bits per heavy atom. The van der Waals surface area contributed by atoms with Gasteiger partial charge in [0.05, 0.1) is 15.5 Å². The van der Waals surface area contributed by atoms with Gasteiger partial charge in [-0.2, -0.15) is 0 Å². The van der Waals surface area contributed by atoms with E-state index < -0.39 is 5.60 Å². The number of carbonyl (C=O) groups is 1. The second-order valence-electron chi connectivity index (χ2n) is 7.33. The number of rotatable bonds is 6. The third-order valence-electron chi connectivity index (χ3n) is 5.23. The van der Waals surface area contributed by atoms with E-state index in [-0.39, 0.29) is 5.91 Å². The quantitative estimate of drug-likeness (QED) is 0.572. The van der Waals surface area contributed by atoms with E-state index in [0.717, 1.165) is 21.0 Å². The first-order valence-electron chi connectivity index (χ1n) is 9.78. The summed E-state index contributed by atoms with van der Waals surface area (Å²) in [5.41, 5.74) is 1.73. The number of hydrogen-bond acceptors (Lipinski definition) is 5. The summed E-state index contributed by atoms with van der Waals surface area (Å²) < 4.78 is 0. The highest BCUT2D eigenvalue weighted by molar-refractivity contribution is 7.13. The number of aliphatic imine (C=N–C) groups is 1. The molecular formula is C23H27N3O2S. The average molecular weight is 410 g/mol. The molecule has 1 fully saturated rings. The molecule has 0 atom stereocenters. The second kappa shape index (κ2) is 9.29. The van der Waals surface area contributed by atoms with E-state index in [1.807, 2.05) is 56.3 Å². The van der Waals surface area contributed by atoms with Gasteiger partial charge in [0.15, 0.2) is 0 Å². The first-order chi connectivity index (χ1) is 14.0. The van der Waals surface area contributed by atoms with Gasteiger partial charge < -0.3 is 10.0 Å². The van der Waals surface area contributed by atoms with Gasteiger partial charge in [-0.25, -0.2) is 4.98 Å². The lowest BCUT2D eigenvalue weighted by Crippen LogP contribution is -2.48. The SMILES string of the molecule is C=N/C=C\C(=C/C)c1sc(C)nc1C(=O)N1CCC(O)(Cc2ccccc2)CC1. The number of allylic oxidation sites excluding steroid dienone is 3. The highest BCUT2D eigenvalue weighted by Gasteiger charge is 2.35. The van der Waals surface area contributed by atoms with Crippen molar-refractivity contribution in [3.05, 3.63) is 69.8 Å². The first-order valence-corrected chi connectivity index (χ1v) is 10.6. The summed E-state index contributed by atoms with van der Waals surface area (Å²) in [5, 5.41) is 11.8. The van der Waals surface area contributed by atoms with Crippen LogP contribution in [0.1, 0.15) is 45.7 Å². The van der Waals surface area contributed by atoms with Crippen molar-refractivity contribution in [1.29, 1.82) is 0 Å². The topological polar surface area (TPSA) is 65.8 Å². The highest BCUT2D eigenvalue weighted by atomic mass is 32.1. The molecule has 1 aliphatic rings. The summed E-state index contributed by atoms with van der Waals surface area (Å²) >= 11 is 1.50. The number of likely N-dealkylation sites (tertiary alicyclic amines) is 1. The van der Waals surface area contributed by atoms with Gasteiger partial charge in [0.25, 0.3) is 5.91 Å². The van der Waals surface area contributed by atoms with E-state index in [4.69, 9.17) is 0 Å². The number of hydrogen-bond donors (Lipinski definition) is 1. The van der Waals surface area contributed by atoms with Crippen LogP contribution in [-0.4, -0.2) is 46.3 Å². The molecule has 0 aliphatic carbocycles. The molecular weight excluding hydrogens is 382 g/mol. The summed E-state index contributed by atoms with van der Waals surface area (Å²) in [5.74, 6) is -0.0783. The largest absolute Gasteiger partial charge is 0.389 e. The predicted molar refractivity (Wildman–Crippen MR) is 119 cm³/mol. The van der Waals surface area contributed by atoms with Crippen molar-refractivity contribution in [1.82, 2.24) is 9.88 Å². The Labute approximate surface area is 176 Å². The lowest BCUT2D eigenvalue weighted by Gasteiger charge is -2.38. The molecule has 0 bridgehead atoms. The van der Waals surface area contributed by atoms with Crippen molar-refractivity contribution in [2.45, 2.75) is 38.7 Å². The molecule has 2 aromatic rings. The minimum atomic E-state index is -0.772. The zero-order chi connectivity index (χ0) is 20.9. The third-order valence-corrected chi connectivity index (χ3v) is 6.25. The summed E-state index contributed by atoms with van der Waals surface area (Å²) in [4.78, 5) is 24.1. The molecule has 5 nitrogen and oxygen atoms in total. The average Bonchev–Trinajstić information content (AvgIpc) is 3.11. The lowest BCUT2D eigenvalue weighted by molar-refractivity contribution is -0.0163. The first kappa shape index (κ1) is 21.1. The Bertz CT molecular complexity index is 923. The third kappa shape index (κ3) is 5.08. The molecule has 1 saturated heterocycles. The zero-order valence-electron chi connectivity index (χ0n) is 17.0. The molecule has 6 heteroatoms. The fourth-order valence-corrected chi connectivity index (χ4v) is 4.60. The Hall–Kier alpha value is -2.57. The molecule has 1 aliphatic heterocycles. The van der Waals surface area contributed by atoms with Crippen molar-refractivity contribution < 1.29 is 9.90 Å². The van der Waals surface area contributed by atoms with Crippen LogP contribution in [0.3, 0.4) is 0 Å². The van der Waals surface area contributed by atoms with Gasteiger partial charge in [-0.3, -0.25) is 9.79 Å². The van der Waals surface area contributed by atoms with Crippen molar-refractivity contribution >= 4 is 29.5 Å². The number of thiazole rings is 1. The van der Waals surface area contributed by atoms with E-state index >= 15 is 0 Å². The number of nitrogens with zero attached hydrogens (tertiary/aromatic N) is 3. The number of aromatic nitrogens is 1. The molecule has 1 aromatic carbocycles. The summed E-state index contributed by atoms with van der Waals surface area (Å²) in [6.45, 7) is 8.34. The van der Waals surface area contributed by atoms with Gasteiger partial charge in [-0.05, 0) is 50.6 Å². The number of piperidine rings is 1.